The smallest absolute Gasteiger partial charge is 0.265 e. The van der Waals surface area contributed by atoms with Crippen LogP contribution in [0.1, 0.15) is 44.0 Å². The molecular formula is C21H25N3O3S. The first-order valence-electron chi connectivity index (χ1n) is 9.95. The average molecular weight is 400 g/mol. The highest BCUT2D eigenvalue weighted by molar-refractivity contribution is 7.09. The first-order valence-corrected chi connectivity index (χ1v) is 10.8. The maximum atomic E-state index is 12.5. The predicted octanol–water partition coefficient (Wildman–Crippen LogP) is 3.55. The highest BCUT2D eigenvalue weighted by Crippen LogP contribution is 2.36. The molecule has 2 heterocycles. The van der Waals surface area contributed by atoms with Crippen LogP contribution in [0.25, 0.3) is 11.3 Å². The summed E-state index contributed by atoms with van der Waals surface area (Å²) < 4.78 is 5.57. The van der Waals surface area contributed by atoms with Gasteiger partial charge in [-0.25, -0.2) is 4.98 Å². The van der Waals surface area contributed by atoms with Crippen LogP contribution in [0.15, 0.2) is 23.6 Å². The number of aromatic nitrogens is 1. The normalized spacial score (nSPS) is 16.8. The maximum absolute atomic E-state index is 12.5. The fourth-order valence-electron chi connectivity index (χ4n) is 3.79. The number of ether oxygens (including phenoxy) is 1. The monoisotopic (exact) mass is 399 g/mol. The van der Waals surface area contributed by atoms with E-state index in [1.165, 1.54) is 4.90 Å². The van der Waals surface area contributed by atoms with Crippen molar-refractivity contribution in [3.8, 4) is 17.0 Å². The molecule has 2 aliphatic rings. The molecule has 1 aromatic heterocycles. The summed E-state index contributed by atoms with van der Waals surface area (Å²) in [6.45, 7) is 2.12. The number of nitrogens with one attached hydrogen (secondary N) is 1. The Kier molecular flexibility index (Phi) is 5.62. The highest BCUT2D eigenvalue weighted by atomic mass is 32.1. The Morgan fingerprint density at radius 3 is 2.96 bits per heavy atom. The van der Waals surface area contributed by atoms with Crippen LogP contribution in [-0.4, -0.2) is 36.0 Å². The number of aryl methyl sites for hydroxylation is 1. The van der Waals surface area contributed by atoms with Gasteiger partial charge in [-0.15, -0.1) is 11.3 Å². The lowest BCUT2D eigenvalue weighted by Gasteiger charge is -2.29. The highest BCUT2D eigenvalue weighted by Gasteiger charge is 2.29. The van der Waals surface area contributed by atoms with Gasteiger partial charge in [0, 0.05) is 17.0 Å². The second-order valence-corrected chi connectivity index (χ2v) is 8.32. The van der Waals surface area contributed by atoms with Crippen LogP contribution in [0.3, 0.4) is 0 Å². The molecule has 4 rings (SSSR count). The zero-order valence-electron chi connectivity index (χ0n) is 16.1. The fraction of sp³-hybridized carbons (Fsp3) is 0.476. The maximum Gasteiger partial charge on any atom is 0.265 e. The van der Waals surface area contributed by atoms with Crippen molar-refractivity contribution in [1.29, 1.82) is 0 Å². The van der Waals surface area contributed by atoms with Gasteiger partial charge < -0.3 is 10.1 Å². The molecule has 0 saturated heterocycles. The van der Waals surface area contributed by atoms with E-state index in [1.54, 1.807) is 11.3 Å². The number of benzene rings is 1. The quantitative estimate of drug-likeness (QED) is 0.806. The van der Waals surface area contributed by atoms with Crippen molar-refractivity contribution in [2.75, 3.05) is 18.1 Å². The first kappa shape index (κ1) is 18.9. The van der Waals surface area contributed by atoms with Crippen molar-refractivity contribution in [3.05, 3.63) is 28.6 Å². The molecule has 0 radical (unpaired) electrons. The molecule has 0 atom stereocenters. The van der Waals surface area contributed by atoms with Crippen LogP contribution in [-0.2, 0) is 16.0 Å². The van der Waals surface area contributed by atoms with Crippen LogP contribution in [0, 0.1) is 0 Å². The van der Waals surface area contributed by atoms with Gasteiger partial charge in [0.25, 0.3) is 5.91 Å². The lowest BCUT2D eigenvalue weighted by molar-refractivity contribution is -0.125. The van der Waals surface area contributed by atoms with Crippen molar-refractivity contribution in [2.24, 2.45) is 0 Å². The van der Waals surface area contributed by atoms with Gasteiger partial charge in [0.05, 0.1) is 16.4 Å². The van der Waals surface area contributed by atoms with Crippen LogP contribution in [0.4, 0.5) is 5.69 Å². The number of rotatable bonds is 6. The van der Waals surface area contributed by atoms with E-state index in [0.29, 0.717) is 11.4 Å². The Morgan fingerprint density at radius 2 is 2.18 bits per heavy atom. The minimum atomic E-state index is -0.198. The molecule has 7 heteroatoms. The number of hydrogen-bond donors (Lipinski definition) is 1. The summed E-state index contributed by atoms with van der Waals surface area (Å²) in [5.74, 6) is 0.314. The molecular weight excluding hydrogens is 374 g/mol. The third-order valence-electron chi connectivity index (χ3n) is 5.24. The second-order valence-electron chi connectivity index (χ2n) is 7.38. The molecule has 6 nitrogen and oxygen atoms in total. The Labute approximate surface area is 168 Å². The first-order chi connectivity index (χ1) is 13.6. The molecule has 1 aliphatic heterocycles. The number of amides is 2. The van der Waals surface area contributed by atoms with Crippen molar-refractivity contribution in [1.82, 2.24) is 10.3 Å². The summed E-state index contributed by atoms with van der Waals surface area (Å²) in [4.78, 5) is 31.2. The summed E-state index contributed by atoms with van der Waals surface area (Å²) >= 11 is 1.65. The summed E-state index contributed by atoms with van der Waals surface area (Å²) in [6.07, 6.45) is 6.37. The lowest BCUT2D eigenvalue weighted by atomic mass is 10.1. The summed E-state index contributed by atoms with van der Waals surface area (Å²) in [6, 6.07) is 5.95. The molecule has 1 fully saturated rings. The zero-order chi connectivity index (χ0) is 19.5. The minimum absolute atomic E-state index is 0.0211. The number of fused-ring (bicyclic) bond motifs is 1. The molecule has 0 bridgehead atoms. The average Bonchev–Trinajstić information content (AvgIpc) is 3.36. The molecule has 28 heavy (non-hydrogen) atoms. The summed E-state index contributed by atoms with van der Waals surface area (Å²) in [5, 5.41) is 6.20. The number of carbonyl (C=O) groups is 2. The number of nitrogens with zero attached hydrogens (tertiary/aromatic N) is 2. The SMILES string of the molecule is CCCc1nc(-c2ccc3c(c2)N(CC(=O)NC2CCCC2)C(=O)CO3)cs1. The third-order valence-corrected chi connectivity index (χ3v) is 6.14. The van der Waals surface area contributed by atoms with Crippen molar-refractivity contribution < 1.29 is 14.3 Å². The zero-order valence-corrected chi connectivity index (χ0v) is 16.9. The Morgan fingerprint density at radius 1 is 1.36 bits per heavy atom. The standard InChI is InChI=1S/C21H25N3O3S/c1-2-5-20-23-16(13-28-20)14-8-9-18-17(10-14)24(21(26)12-27-18)11-19(25)22-15-6-3-4-7-15/h8-10,13,15H,2-7,11-12H2,1H3,(H,22,25). The molecule has 0 spiro atoms. The van der Waals surface area contributed by atoms with E-state index >= 15 is 0 Å². The van der Waals surface area contributed by atoms with Crippen LogP contribution in [0.5, 0.6) is 5.75 Å². The molecule has 2 amide bonds. The Bertz CT molecular complexity index is 874. The molecule has 1 N–H and O–H groups in total. The van der Waals surface area contributed by atoms with E-state index in [1.807, 2.05) is 23.6 Å². The number of hydrogen-bond acceptors (Lipinski definition) is 5. The van der Waals surface area contributed by atoms with Crippen LogP contribution < -0.4 is 15.0 Å². The van der Waals surface area contributed by atoms with Gasteiger partial charge in [-0.2, -0.15) is 0 Å². The molecule has 148 valence electrons. The van der Waals surface area contributed by atoms with E-state index in [2.05, 4.69) is 17.2 Å². The van der Waals surface area contributed by atoms with Crippen molar-refractivity contribution >= 4 is 28.8 Å². The lowest BCUT2D eigenvalue weighted by Crippen LogP contribution is -2.46. The van der Waals surface area contributed by atoms with E-state index in [0.717, 1.165) is 54.8 Å². The van der Waals surface area contributed by atoms with Gasteiger partial charge >= 0.3 is 0 Å². The number of thiazole rings is 1. The predicted molar refractivity (Wildman–Crippen MR) is 110 cm³/mol. The van der Waals surface area contributed by atoms with E-state index in [4.69, 9.17) is 4.74 Å². The number of carbonyl (C=O) groups excluding carboxylic acids is 2. The molecule has 1 saturated carbocycles. The van der Waals surface area contributed by atoms with Gasteiger partial charge in [0.2, 0.25) is 5.91 Å². The van der Waals surface area contributed by atoms with Gasteiger partial charge in [0.1, 0.15) is 12.3 Å². The minimum Gasteiger partial charge on any atom is -0.482 e. The molecule has 1 aliphatic carbocycles. The third kappa shape index (κ3) is 4.04. The summed E-state index contributed by atoms with van der Waals surface area (Å²) in [5.41, 5.74) is 2.46. The van der Waals surface area contributed by atoms with E-state index in [9.17, 15) is 9.59 Å². The van der Waals surface area contributed by atoms with Gasteiger partial charge in [-0.3, -0.25) is 14.5 Å². The largest absolute Gasteiger partial charge is 0.482 e. The number of anilines is 1. The van der Waals surface area contributed by atoms with Gasteiger partial charge in [-0.1, -0.05) is 19.8 Å². The van der Waals surface area contributed by atoms with Gasteiger partial charge in [0.15, 0.2) is 6.61 Å². The van der Waals surface area contributed by atoms with Gasteiger partial charge in [-0.05, 0) is 43.9 Å². The second kappa shape index (κ2) is 8.31. The Hall–Kier alpha value is -2.41. The molecule has 0 unspecified atom stereocenters. The van der Waals surface area contributed by atoms with E-state index < -0.39 is 0 Å². The Balaban J connectivity index is 1.55. The van der Waals surface area contributed by atoms with Crippen LogP contribution in [0.2, 0.25) is 0 Å². The topological polar surface area (TPSA) is 71.5 Å². The molecule has 2 aromatic rings. The van der Waals surface area contributed by atoms with Crippen LogP contribution >= 0.6 is 11.3 Å². The van der Waals surface area contributed by atoms with E-state index in [-0.39, 0.29) is 31.0 Å². The molecule has 1 aromatic carbocycles. The fourth-order valence-corrected chi connectivity index (χ4v) is 4.70. The van der Waals surface area contributed by atoms with Crippen molar-refractivity contribution in [2.45, 2.75) is 51.5 Å². The summed E-state index contributed by atoms with van der Waals surface area (Å²) in [7, 11) is 0. The van der Waals surface area contributed by atoms with Crippen molar-refractivity contribution in [3.63, 3.8) is 0 Å².